The van der Waals surface area contributed by atoms with Crippen LogP contribution in [0.2, 0.25) is 0 Å². The molecule has 2 atom stereocenters. The molecule has 0 aromatic heterocycles. The molecule has 0 bridgehead atoms. The Balaban J connectivity index is 1.80. The minimum atomic E-state index is 0.736. The van der Waals surface area contributed by atoms with E-state index in [1.165, 1.54) is 31.8 Å². The SMILES string of the molecule is CCN1CCC(CNC(=NC)N2CCSC(C(C)C)C2)C1. The molecule has 0 saturated carbocycles. The molecule has 0 aromatic rings. The van der Waals surface area contributed by atoms with Gasteiger partial charge in [-0.2, -0.15) is 11.8 Å². The van der Waals surface area contributed by atoms with E-state index in [9.17, 15) is 0 Å². The van der Waals surface area contributed by atoms with E-state index in [2.05, 4.69) is 52.6 Å². The smallest absolute Gasteiger partial charge is 0.193 e. The van der Waals surface area contributed by atoms with Crippen molar-refractivity contribution in [3.63, 3.8) is 0 Å². The van der Waals surface area contributed by atoms with Gasteiger partial charge in [0.05, 0.1) is 0 Å². The van der Waals surface area contributed by atoms with Crippen molar-refractivity contribution in [2.24, 2.45) is 16.8 Å². The van der Waals surface area contributed by atoms with Crippen molar-refractivity contribution in [2.75, 3.05) is 52.1 Å². The van der Waals surface area contributed by atoms with Gasteiger partial charge in [0.1, 0.15) is 0 Å². The Bertz CT molecular complexity index is 345. The molecule has 0 spiro atoms. The fourth-order valence-electron chi connectivity index (χ4n) is 3.21. The van der Waals surface area contributed by atoms with Gasteiger partial charge in [-0.05, 0) is 31.3 Å². The fourth-order valence-corrected chi connectivity index (χ4v) is 4.50. The molecular formula is C16H32N4S. The maximum absolute atomic E-state index is 4.51. The quantitative estimate of drug-likeness (QED) is 0.635. The first-order valence-corrected chi connectivity index (χ1v) is 9.48. The minimum absolute atomic E-state index is 0.736. The van der Waals surface area contributed by atoms with Crippen LogP contribution in [0.1, 0.15) is 27.2 Å². The second-order valence-corrected chi connectivity index (χ2v) is 7.92. The second-order valence-electron chi connectivity index (χ2n) is 6.58. The molecule has 2 fully saturated rings. The van der Waals surface area contributed by atoms with E-state index >= 15 is 0 Å². The summed E-state index contributed by atoms with van der Waals surface area (Å²) in [5.74, 6) is 3.85. The van der Waals surface area contributed by atoms with E-state index in [-0.39, 0.29) is 0 Å². The third-order valence-corrected chi connectivity index (χ3v) is 6.25. The lowest BCUT2D eigenvalue weighted by Crippen LogP contribution is -2.50. The van der Waals surface area contributed by atoms with Crippen LogP contribution in [0.5, 0.6) is 0 Å². The Morgan fingerprint density at radius 1 is 1.33 bits per heavy atom. The molecule has 0 radical (unpaired) electrons. The number of nitrogens with zero attached hydrogens (tertiary/aromatic N) is 3. The summed E-state index contributed by atoms with van der Waals surface area (Å²) in [5.41, 5.74) is 0. The number of aliphatic imine (C=N–C) groups is 1. The highest BCUT2D eigenvalue weighted by molar-refractivity contribution is 8.00. The maximum atomic E-state index is 4.51. The summed E-state index contributed by atoms with van der Waals surface area (Å²) in [6.45, 7) is 13.9. The maximum Gasteiger partial charge on any atom is 0.193 e. The highest BCUT2D eigenvalue weighted by Gasteiger charge is 2.26. The third-order valence-electron chi connectivity index (χ3n) is 4.71. The summed E-state index contributed by atoms with van der Waals surface area (Å²) in [5, 5.41) is 4.36. The normalized spacial score (nSPS) is 28.4. The van der Waals surface area contributed by atoms with Crippen LogP contribution < -0.4 is 5.32 Å². The lowest BCUT2D eigenvalue weighted by atomic mass is 10.1. The average molecular weight is 313 g/mol. The fraction of sp³-hybridized carbons (Fsp3) is 0.938. The molecule has 122 valence electrons. The van der Waals surface area contributed by atoms with Crippen molar-refractivity contribution in [3.8, 4) is 0 Å². The van der Waals surface area contributed by atoms with Gasteiger partial charge >= 0.3 is 0 Å². The van der Waals surface area contributed by atoms with E-state index in [1.807, 2.05) is 7.05 Å². The second kappa shape index (κ2) is 8.28. The van der Waals surface area contributed by atoms with E-state index in [0.29, 0.717) is 0 Å². The Morgan fingerprint density at radius 2 is 2.14 bits per heavy atom. The van der Waals surface area contributed by atoms with Gasteiger partial charge in [-0.15, -0.1) is 0 Å². The molecule has 4 nitrogen and oxygen atoms in total. The first-order chi connectivity index (χ1) is 10.1. The van der Waals surface area contributed by atoms with Gasteiger partial charge in [-0.1, -0.05) is 20.8 Å². The van der Waals surface area contributed by atoms with Gasteiger partial charge in [0.2, 0.25) is 0 Å². The van der Waals surface area contributed by atoms with Gasteiger partial charge in [-0.3, -0.25) is 4.99 Å². The standard InChI is InChI=1S/C16H32N4S/c1-5-19-7-6-14(11-19)10-18-16(17-4)20-8-9-21-15(12-20)13(2)3/h13-15H,5-12H2,1-4H3,(H,17,18). The molecule has 2 heterocycles. The zero-order valence-electron chi connectivity index (χ0n) is 14.1. The number of hydrogen-bond acceptors (Lipinski definition) is 3. The summed E-state index contributed by atoms with van der Waals surface area (Å²) in [7, 11) is 1.92. The summed E-state index contributed by atoms with van der Waals surface area (Å²) >= 11 is 2.12. The van der Waals surface area contributed by atoms with Gasteiger partial charge < -0.3 is 15.1 Å². The Labute approximate surface area is 134 Å². The molecule has 2 saturated heterocycles. The van der Waals surface area contributed by atoms with Crippen molar-refractivity contribution in [3.05, 3.63) is 0 Å². The minimum Gasteiger partial charge on any atom is -0.356 e. The third kappa shape index (κ3) is 4.78. The molecular weight excluding hydrogens is 280 g/mol. The molecule has 2 unspecified atom stereocenters. The highest BCUT2D eigenvalue weighted by Crippen LogP contribution is 2.25. The molecule has 2 rings (SSSR count). The van der Waals surface area contributed by atoms with Crippen molar-refractivity contribution >= 4 is 17.7 Å². The molecule has 0 aromatic carbocycles. The average Bonchev–Trinajstić information content (AvgIpc) is 2.96. The van der Waals surface area contributed by atoms with Crippen LogP contribution >= 0.6 is 11.8 Å². The Kier molecular flexibility index (Phi) is 6.68. The zero-order chi connectivity index (χ0) is 15.2. The van der Waals surface area contributed by atoms with Crippen LogP contribution in [0.25, 0.3) is 0 Å². The molecule has 0 amide bonds. The summed E-state index contributed by atoms with van der Waals surface area (Å²) in [6, 6.07) is 0. The first-order valence-electron chi connectivity index (χ1n) is 8.43. The largest absolute Gasteiger partial charge is 0.356 e. The summed E-state index contributed by atoms with van der Waals surface area (Å²) in [6.07, 6.45) is 1.32. The highest BCUT2D eigenvalue weighted by atomic mass is 32.2. The predicted octanol–water partition coefficient (Wildman–Crippen LogP) is 1.98. The van der Waals surface area contributed by atoms with Gasteiger partial charge in [0.15, 0.2) is 5.96 Å². The topological polar surface area (TPSA) is 30.9 Å². The molecule has 2 aliphatic heterocycles. The number of guanidine groups is 1. The van der Waals surface area contributed by atoms with Gasteiger partial charge in [-0.25, -0.2) is 0 Å². The Morgan fingerprint density at radius 3 is 2.76 bits per heavy atom. The number of rotatable bonds is 4. The van der Waals surface area contributed by atoms with Crippen molar-refractivity contribution in [1.29, 1.82) is 0 Å². The monoisotopic (exact) mass is 312 g/mol. The van der Waals surface area contributed by atoms with Crippen LogP contribution in [0, 0.1) is 11.8 Å². The van der Waals surface area contributed by atoms with Crippen molar-refractivity contribution in [2.45, 2.75) is 32.4 Å². The van der Waals surface area contributed by atoms with E-state index < -0.39 is 0 Å². The Hall–Kier alpha value is -0.420. The summed E-state index contributed by atoms with van der Waals surface area (Å²) < 4.78 is 0. The van der Waals surface area contributed by atoms with E-state index in [4.69, 9.17) is 0 Å². The summed E-state index contributed by atoms with van der Waals surface area (Å²) in [4.78, 5) is 9.51. The van der Waals surface area contributed by atoms with Gasteiger partial charge in [0, 0.05) is 44.2 Å². The van der Waals surface area contributed by atoms with Crippen LogP contribution in [0.4, 0.5) is 0 Å². The lowest BCUT2D eigenvalue weighted by molar-refractivity contribution is 0.338. The predicted molar refractivity (Wildman–Crippen MR) is 94.2 cm³/mol. The molecule has 2 aliphatic rings. The van der Waals surface area contributed by atoms with E-state index in [1.54, 1.807) is 0 Å². The van der Waals surface area contributed by atoms with Crippen molar-refractivity contribution in [1.82, 2.24) is 15.1 Å². The van der Waals surface area contributed by atoms with Crippen LogP contribution in [0.15, 0.2) is 4.99 Å². The van der Waals surface area contributed by atoms with Crippen LogP contribution in [0.3, 0.4) is 0 Å². The number of likely N-dealkylation sites (tertiary alicyclic amines) is 1. The number of nitrogens with one attached hydrogen (secondary N) is 1. The molecule has 1 N–H and O–H groups in total. The number of thioether (sulfide) groups is 1. The molecule has 21 heavy (non-hydrogen) atoms. The number of hydrogen-bond donors (Lipinski definition) is 1. The van der Waals surface area contributed by atoms with Crippen LogP contribution in [-0.4, -0.2) is 73.1 Å². The first kappa shape index (κ1) is 16.9. The lowest BCUT2D eigenvalue weighted by Gasteiger charge is -2.36. The van der Waals surface area contributed by atoms with Gasteiger partial charge in [0.25, 0.3) is 0 Å². The van der Waals surface area contributed by atoms with Crippen LogP contribution in [-0.2, 0) is 0 Å². The molecule has 5 heteroatoms. The zero-order valence-corrected chi connectivity index (χ0v) is 15.0. The van der Waals surface area contributed by atoms with Crippen molar-refractivity contribution < 1.29 is 0 Å². The molecule has 0 aliphatic carbocycles. The van der Waals surface area contributed by atoms with E-state index in [0.717, 1.165) is 42.7 Å².